The summed E-state index contributed by atoms with van der Waals surface area (Å²) in [6.07, 6.45) is 3.94. The molecule has 0 radical (unpaired) electrons. The number of nitrogens with zero attached hydrogens (tertiary/aromatic N) is 3. The van der Waals surface area contributed by atoms with Crippen molar-refractivity contribution < 1.29 is 9.59 Å². The Morgan fingerprint density at radius 3 is 2.25 bits per heavy atom. The van der Waals surface area contributed by atoms with E-state index in [1.807, 2.05) is 0 Å². The molecule has 0 fully saturated rings. The van der Waals surface area contributed by atoms with Crippen molar-refractivity contribution in [1.29, 1.82) is 0 Å². The molecule has 1 aliphatic heterocycles. The number of carbonyl (C=O) groups is 2. The molecule has 1 aromatic carbocycles. The summed E-state index contributed by atoms with van der Waals surface area (Å²) in [6.45, 7) is 0.997. The highest BCUT2D eigenvalue weighted by Crippen LogP contribution is 2.22. The molecule has 0 atom stereocenters. The van der Waals surface area contributed by atoms with E-state index in [4.69, 9.17) is 5.73 Å². The van der Waals surface area contributed by atoms with E-state index in [9.17, 15) is 9.59 Å². The largest absolute Gasteiger partial charge is 0.396 e. The molecule has 0 aliphatic carbocycles. The van der Waals surface area contributed by atoms with Crippen molar-refractivity contribution in [2.75, 3.05) is 12.3 Å². The van der Waals surface area contributed by atoms with Crippen LogP contribution in [-0.2, 0) is 6.54 Å². The lowest BCUT2D eigenvalue weighted by Gasteiger charge is -2.13. The molecule has 0 saturated carbocycles. The van der Waals surface area contributed by atoms with Gasteiger partial charge in [0.05, 0.1) is 23.0 Å². The molecule has 0 spiro atoms. The number of nitrogens with two attached hydrogens (primary N) is 1. The van der Waals surface area contributed by atoms with Crippen LogP contribution in [0.2, 0.25) is 0 Å². The van der Waals surface area contributed by atoms with Gasteiger partial charge in [-0.15, -0.1) is 0 Å². The molecule has 20 heavy (non-hydrogen) atoms. The maximum absolute atomic E-state index is 12.1. The Hall–Kier alpha value is -2.63. The van der Waals surface area contributed by atoms with Crippen LogP contribution in [0.15, 0.2) is 36.7 Å². The molecule has 1 aliphatic rings. The first-order chi connectivity index (χ1) is 9.66. The average Bonchev–Trinajstić information content (AvgIpc) is 2.97. The lowest BCUT2D eigenvalue weighted by molar-refractivity contribution is 0.0650. The van der Waals surface area contributed by atoms with Gasteiger partial charge < -0.3 is 5.73 Å². The number of hydrogen-bond acceptors (Lipinski definition) is 4. The van der Waals surface area contributed by atoms with Gasteiger partial charge in [-0.2, -0.15) is 5.10 Å². The van der Waals surface area contributed by atoms with Crippen LogP contribution in [0.25, 0.3) is 0 Å². The van der Waals surface area contributed by atoms with Crippen LogP contribution >= 0.6 is 0 Å². The third-order valence-corrected chi connectivity index (χ3v) is 3.30. The van der Waals surface area contributed by atoms with Gasteiger partial charge >= 0.3 is 0 Å². The first-order valence-corrected chi connectivity index (χ1v) is 6.40. The number of aryl methyl sites for hydroxylation is 1. The van der Waals surface area contributed by atoms with Crippen molar-refractivity contribution in [3.8, 4) is 0 Å². The van der Waals surface area contributed by atoms with Gasteiger partial charge in [0.25, 0.3) is 11.8 Å². The molecule has 2 amide bonds. The Kier molecular flexibility index (Phi) is 2.98. The second-order valence-corrected chi connectivity index (χ2v) is 4.70. The van der Waals surface area contributed by atoms with Crippen molar-refractivity contribution in [1.82, 2.24) is 14.7 Å². The van der Waals surface area contributed by atoms with Gasteiger partial charge in [0, 0.05) is 19.3 Å². The van der Waals surface area contributed by atoms with E-state index in [1.165, 1.54) is 4.90 Å². The molecule has 102 valence electrons. The van der Waals surface area contributed by atoms with E-state index in [-0.39, 0.29) is 11.8 Å². The molecule has 1 aromatic heterocycles. The fourth-order valence-corrected chi connectivity index (χ4v) is 2.33. The van der Waals surface area contributed by atoms with Gasteiger partial charge in [-0.25, -0.2) is 0 Å². The fourth-order valence-electron chi connectivity index (χ4n) is 2.33. The number of carbonyl (C=O) groups excluding carboxylic acids is 2. The van der Waals surface area contributed by atoms with Crippen LogP contribution in [0.4, 0.5) is 5.69 Å². The second kappa shape index (κ2) is 4.80. The molecular formula is C14H14N4O2. The standard InChI is InChI=1S/C14H14N4O2/c15-10-8-16-17(9-10)6-3-7-18-13(19)11-4-1-2-5-12(11)14(18)20/h1-2,4-5,8-9H,3,6-7,15H2. The zero-order valence-corrected chi connectivity index (χ0v) is 10.8. The monoisotopic (exact) mass is 270 g/mol. The Balaban J connectivity index is 1.65. The normalized spacial score (nSPS) is 13.9. The summed E-state index contributed by atoms with van der Waals surface area (Å²) in [5, 5.41) is 4.06. The van der Waals surface area contributed by atoms with Crippen LogP contribution in [0.1, 0.15) is 27.1 Å². The summed E-state index contributed by atoms with van der Waals surface area (Å²) in [4.78, 5) is 25.5. The fraction of sp³-hybridized carbons (Fsp3) is 0.214. The van der Waals surface area contributed by atoms with Crippen molar-refractivity contribution in [3.05, 3.63) is 47.8 Å². The van der Waals surface area contributed by atoms with Crippen LogP contribution < -0.4 is 5.73 Å². The number of amides is 2. The van der Waals surface area contributed by atoms with Gasteiger partial charge in [-0.05, 0) is 18.6 Å². The zero-order valence-electron chi connectivity index (χ0n) is 10.8. The smallest absolute Gasteiger partial charge is 0.261 e. The third kappa shape index (κ3) is 2.05. The van der Waals surface area contributed by atoms with Crippen LogP contribution in [0.3, 0.4) is 0 Å². The van der Waals surface area contributed by atoms with Gasteiger partial charge in [0.1, 0.15) is 0 Å². The van der Waals surface area contributed by atoms with E-state index in [0.717, 1.165) is 0 Å². The zero-order chi connectivity index (χ0) is 14.1. The van der Waals surface area contributed by atoms with Crippen molar-refractivity contribution >= 4 is 17.5 Å². The number of aromatic nitrogens is 2. The molecule has 2 heterocycles. The first kappa shape index (κ1) is 12.4. The Labute approximate surface area is 115 Å². The minimum absolute atomic E-state index is 0.217. The predicted octanol–water partition coefficient (Wildman–Crippen LogP) is 1.15. The maximum Gasteiger partial charge on any atom is 0.261 e. The van der Waals surface area contributed by atoms with E-state index >= 15 is 0 Å². The number of fused-ring (bicyclic) bond motifs is 1. The highest BCUT2D eigenvalue weighted by Gasteiger charge is 2.34. The van der Waals surface area contributed by atoms with Gasteiger partial charge in [0.15, 0.2) is 0 Å². The first-order valence-electron chi connectivity index (χ1n) is 6.40. The summed E-state index contributed by atoms with van der Waals surface area (Å²) in [5.74, 6) is -0.434. The second-order valence-electron chi connectivity index (χ2n) is 4.70. The van der Waals surface area contributed by atoms with Crippen molar-refractivity contribution in [3.63, 3.8) is 0 Å². The Morgan fingerprint density at radius 2 is 1.70 bits per heavy atom. The number of hydrogen-bond donors (Lipinski definition) is 1. The molecule has 2 N–H and O–H groups in total. The van der Waals surface area contributed by atoms with E-state index in [2.05, 4.69) is 5.10 Å². The summed E-state index contributed by atoms with van der Waals surface area (Å²) in [5.41, 5.74) is 7.15. The number of anilines is 1. The highest BCUT2D eigenvalue weighted by atomic mass is 16.2. The van der Waals surface area contributed by atoms with E-state index < -0.39 is 0 Å². The molecule has 6 nitrogen and oxygen atoms in total. The SMILES string of the molecule is Nc1cnn(CCCN2C(=O)c3ccccc3C2=O)c1. The van der Waals surface area contributed by atoms with Crippen molar-refractivity contribution in [2.45, 2.75) is 13.0 Å². The van der Waals surface area contributed by atoms with Crippen LogP contribution in [0, 0.1) is 0 Å². The van der Waals surface area contributed by atoms with Crippen molar-refractivity contribution in [2.24, 2.45) is 0 Å². The Morgan fingerprint density at radius 1 is 1.05 bits per heavy atom. The molecule has 3 rings (SSSR count). The molecule has 0 saturated heterocycles. The third-order valence-electron chi connectivity index (χ3n) is 3.30. The molecule has 6 heteroatoms. The number of imide groups is 1. The lowest BCUT2D eigenvalue weighted by Crippen LogP contribution is -2.31. The lowest BCUT2D eigenvalue weighted by atomic mass is 10.1. The number of benzene rings is 1. The quantitative estimate of drug-likeness (QED) is 0.845. The molecule has 0 unspecified atom stereocenters. The van der Waals surface area contributed by atoms with Gasteiger partial charge in [-0.3, -0.25) is 19.2 Å². The minimum Gasteiger partial charge on any atom is -0.396 e. The number of rotatable bonds is 4. The minimum atomic E-state index is -0.217. The topological polar surface area (TPSA) is 81.2 Å². The summed E-state index contributed by atoms with van der Waals surface area (Å²) < 4.78 is 1.70. The molecule has 2 aromatic rings. The van der Waals surface area contributed by atoms with Gasteiger partial charge in [0.2, 0.25) is 0 Å². The van der Waals surface area contributed by atoms with Crippen LogP contribution in [-0.4, -0.2) is 33.0 Å². The Bertz CT molecular complexity index is 642. The summed E-state index contributed by atoms with van der Waals surface area (Å²) >= 11 is 0. The van der Waals surface area contributed by atoms with Gasteiger partial charge in [-0.1, -0.05) is 12.1 Å². The molecule has 0 bridgehead atoms. The summed E-state index contributed by atoms with van der Waals surface area (Å²) in [7, 11) is 0. The maximum atomic E-state index is 12.1. The predicted molar refractivity (Wildman–Crippen MR) is 73.1 cm³/mol. The van der Waals surface area contributed by atoms with Crippen LogP contribution in [0.5, 0.6) is 0 Å². The summed E-state index contributed by atoms with van der Waals surface area (Å²) in [6, 6.07) is 6.90. The highest BCUT2D eigenvalue weighted by molar-refractivity contribution is 6.21. The molecular weight excluding hydrogens is 256 g/mol. The van der Waals surface area contributed by atoms with E-state index in [0.29, 0.717) is 36.3 Å². The average molecular weight is 270 g/mol. The van der Waals surface area contributed by atoms with E-state index in [1.54, 1.807) is 41.3 Å². The number of nitrogen functional groups attached to an aromatic ring is 1.